The molecular formula is C16H12Cl2N2OS. The van der Waals surface area contributed by atoms with Gasteiger partial charge in [-0.15, -0.1) is 0 Å². The smallest absolute Gasteiger partial charge is 0.261 e. The lowest BCUT2D eigenvalue weighted by molar-refractivity contribution is 0.726. The summed E-state index contributed by atoms with van der Waals surface area (Å²) in [4.78, 5) is 16.9. The maximum absolute atomic E-state index is 12.3. The lowest BCUT2D eigenvalue weighted by Gasteiger charge is -2.09. The van der Waals surface area contributed by atoms with Crippen LogP contribution < -0.4 is 5.56 Å². The van der Waals surface area contributed by atoms with E-state index >= 15 is 0 Å². The van der Waals surface area contributed by atoms with E-state index in [1.54, 1.807) is 29.8 Å². The van der Waals surface area contributed by atoms with Crippen LogP contribution in [0.5, 0.6) is 0 Å². The number of thioether (sulfide) groups is 1. The Morgan fingerprint density at radius 2 is 1.95 bits per heavy atom. The molecule has 0 aliphatic heterocycles. The quantitative estimate of drug-likeness (QED) is 0.514. The van der Waals surface area contributed by atoms with E-state index in [-0.39, 0.29) is 5.56 Å². The number of fused-ring (bicyclic) bond motifs is 1. The third-order valence-electron chi connectivity index (χ3n) is 3.31. The van der Waals surface area contributed by atoms with Crippen LogP contribution in [-0.4, -0.2) is 9.55 Å². The molecule has 112 valence electrons. The van der Waals surface area contributed by atoms with Gasteiger partial charge in [-0.25, -0.2) is 4.98 Å². The zero-order valence-corrected chi connectivity index (χ0v) is 14.0. The Balaban J connectivity index is 1.96. The average Bonchev–Trinajstić information content (AvgIpc) is 2.52. The lowest BCUT2D eigenvalue weighted by Crippen LogP contribution is -2.19. The van der Waals surface area contributed by atoms with E-state index in [0.717, 1.165) is 5.56 Å². The van der Waals surface area contributed by atoms with Gasteiger partial charge in [-0.3, -0.25) is 9.36 Å². The molecule has 0 unspecified atom stereocenters. The molecule has 0 atom stereocenters. The fourth-order valence-electron chi connectivity index (χ4n) is 2.12. The molecule has 0 aliphatic rings. The Morgan fingerprint density at radius 3 is 2.77 bits per heavy atom. The molecule has 0 saturated carbocycles. The summed E-state index contributed by atoms with van der Waals surface area (Å²) in [5, 5.41) is 2.57. The van der Waals surface area contributed by atoms with E-state index in [2.05, 4.69) is 4.98 Å². The Labute approximate surface area is 141 Å². The molecule has 0 fully saturated rings. The van der Waals surface area contributed by atoms with Gasteiger partial charge in [0.15, 0.2) is 5.16 Å². The fourth-order valence-corrected chi connectivity index (χ4v) is 3.54. The summed E-state index contributed by atoms with van der Waals surface area (Å²) in [6.07, 6.45) is 0. The maximum Gasteiger partial charge on any atom is 0.261 e. The van der Waals surface area contributed by atoms with E-state index < -0.39 is 0 Å². The van der Waals surface area contributed by atoms with Gasteiger partial charge in [-0.05, 0) is 35.9 Å². The van der Waals surface area contributed by atoms with Crippen molar-refractivity contribution in [1.29, 1.82) is 0 Å². The number of para-hydroxylation sites is 1. The van der Waals surface area contributed by atoms with Crippen molar-refractivity contribution in [3.05, 3.63) is 68.4 Å². The van der Waals surface area contributed by atoms with Crippen LogP contribution in [0.4, 0.5) is 0 Å². The molecule has 1 heterocycles. The van der Waals surface area contributed by atoms with Gasteiger partial charge in [-0.2, -0.15) is 0 Å². The van der Waals surface area contributed by atoms with E-state index in [0.29, 0.717) is 31.9 Å². The summed E-state index contributed by atoms with van der Waals surface area (Å²) in [7, 11) is 1.73. The second-order valence-electron chi connectivity index (χ2n) is 4.80. The lowest BCUT2D eigenvalue weighted by atomic mass is 10.2. The summed E-state index contributed by atoms with van der Waals surface area (Å²) < 4.78 is 1.56. The normalized spacial score (nSPS) is 11.0. The molecule has 0 saturated heterocycles. The van der Waals surface area contributed by atoms with Crippen LogP contribution in [0.25, 0.3) is 10.9 Å². The predicted molar refractivity (Wildman–Crippen MR) is 93.0 cm³/mol. The largest absolute Gasteiger partial charge is 0.290 e. The molecule has 3 rings (SSSR count). The Morgan fingerprint density at radius 1 is 1.18 bits per heavy atom. The molecule has 2 aromatic carbocycles. The number of hydrogen-bond donors (Lipinski definition) is 0. The van der Waals surface area contributed by atoms with Crippen molar-refractivity contribution < 1.29 is 0 Å². The third-order valence-corrected chi connectivity index (χ3v) is 4.99. The SMILES string of the molecule is Cn1c(SCc2cc(Cl)ccc2Cl)nc2ccccc2c1=O. The number of benzene rings is 2. The number of nitrogens with zero attached hydrogens (tertiary/aromatic N) is 2. The minimum Gasteiger partial charge on any atom is -0.290 e. The first-order valence-electron chi connectivity index (χ1n) is 6.59. The fraction of sp³-hybridized carbons (Fsp3) is 0.125. The Hall–Kier alpha value is -1.49. The van der Waals surface area contributed by atoms with Gasteiger partial charge in [0.05, 0.1) is 10.9 Å². The highest BCUT2D eigenvalue weighted by atomic mass is 35.5. The van der Waals surface area contributed by atoms with Gasteiger partial charge in [0.1, 0.15) is 0 Å². The van der Waals surface area contributed by atoms with Crippen molar-refractivity contribution >= 4 is 45.9 Å². The number of halogens is 2. The molecule has 3 nitrogen and oxygen atoms in total. The molecule has 0 radical (unpaired) electrons. The van der Waals surface area contributed by atoms with E-state index in [1.165, 1.54) is 11.8 Å². The highest BCUT2D eigenvalue weighted by Crippen LogP contribution is 2.27. The molecule has 0 spiro atoms. The van der Waals surface area contributed by atoms with Gasteiger partial charge < -0.3 is 0 Å². The average molecular weight is 351 g/mol. The second kappa shape index (κ2) is 6.32. The number of rotatable bonds is 3. The van der Waals surface area contributed by atoms with Gasteiger partial charge in [-0.1, -0.05) is 47.1 Å². The standard InChI is InChI=1S/C16H12Cl2N2OS/c1-20-15(21)12-4-2-3-5-14(12)19-16(20)22-9-10-8-11(17)6-7-13(10)18/h2-8H,9H2,1H3. The molecule has 0 amide bonds. The zero-order valence-electron chi connectivity index (χ0n) is 11.7. The van der Waals surface area contributed by atoms with Crippen molar-refractivity contribution in [3.8, 4) is 0 Å². The van der Waals surface area contributed by atoms with E-state index in [9.17, 15) is 4.79 Å². The molecule has 0 N–H and O–H groups in total. The van der Waals surface area contributed by atoms with Gasteiger partial charge in [0.2, 0.25) is 0 Å². The third kappa shape index (κ3) is 3.00. The first kappa shape index (κ1) is 15.4. The van der Waals surface area contributed by atoms with Crippen LogP contribution in [0.15, 0.2) is 52.4 Å². The van der Waals surface area contributed by atoms with Crippen LogP contribution in [0, 0.1) is 0 Å². The molecule has 22 heavy (non-hydrogen) atoms. The first-order valence-corrected chi connectivity index (χ1v) is 8.33. The number of hydrogen-bond acceptors (Lipinski definition) is 3. The minimum absolute atomic E-state index is 0.0507. The van der Waals surface area contributed by atoms with Crippen LogP contribution in [0.2, 0.25) is 10.0 Å². The zero-order chi connectivity index (χ0) is 15.7. The first-order chi connectivity index (χ1) is 10.6. The summed E-state index contributed by atoms with van der Waals surface area (Å²) in [5.74, 6) is 0.595. The van der Waals surface area contributed by atoms with Crippen molar-refractivity contribution in [2.24, 2.45) is 7.05 Å². The van der Waals surface area contributed by atoms with Crippen molar-refractivity contribution in [2.45, 2.75) is 10.9 Å². The molecule has 6 heteroatoms. The molecule has 1 aromatic heterocycles. The van der Waals surface area contributed by atoms with Crippen LogP contribution >= 0.6 is 35.0 Å². The topological polar surface area (TPSA) is 34.9 Å². The summed E-state index contributed by atoms with van der Waals surface area (Å²) in [6, 6.07) is 12.7. The Kier molecular flexibility index (Phi) is 4.43. The molecule has 0 aliphatic carbocycles. The Bertz CT molecular complexity index is 908. The summed E-state index contributed by atoms with van der Waals surface area (Å²) >= 11 is 13.6. The monoisotopic (exact) mass is 350 g/mol. The highest BCUT2D eigenvalue weighted by molar-refractivity contribution is 7.98. The van der Waals surface area contributed by atoms with E-state index in [1.807, 2.05) is 24.3 Å². The van der Waals surface area contributed by atoms with Crippen molar-refractivity contribution in [1.82, 2.24) is 9.55 Å². The molecule has 0 bridgehead atoms. The van der Waals surface area contributed by atoms with Crippen LogP contribution in [0.1, 0.15) is 5.56 Å². The highest BCUT2D eigenvalue weighted by Gasteiger charge is 2.10. The van der Waals surface area contributed by atoms with Crippen molar-refractivity contribution in [3.63, 3.8) is 0 Å². The molecular weight excluding hydrogens is 339 g/mol. The van der Waals surface area contributed by atoms with Gasteiger partial charge >= 0.3 is 0 Å². The van der Waals surface area contributed by atoms with Gasteiger partial charge in [0.25, 0.3) is 5.56 Å². The van der Waals surface area contributed by atoms with Crippen LogP contribution in [0.3, 0.4) is 0 Å². The minimum atomic E-state index is -0.0507. The summed E-state index contributed by atoms with van der Waals surface area (Å²) in [5.41, 5.74) is 1.57. The van der Waals surface area contributed by atoms with Gasteiger partial charge in [0, 0.05) is 22.8 Å². The van der Waals surface area contributed by atoms with Crippen molar-refractivity contribution in [2.75, 3.05) is 0 Å². The maximum atomic E-state index is 12.3. The summed E-state index contributed by atoms with van der Waals surface area (Å²) in [6.45, 7) is 0. The van der Waals surface area contributed by atoms with Crippen LogP contribution in [-0.2, 0) is 12.8 Å². The molecule has 3 aromatic rings. The van der Waals surface area contributed by atoms with E-state index in [4.69, 9.17) is 23.2 Å². The predicted octanol–water partition coefficient (Wildman–Crippen LogP) is 4.53. The second-order valence-corrected chi connectivity index (χ2v) is 6.59. The number of aromatic nitrogens is 2.